The first kappa shape index (κ1) is 19.5. The molecule has 2 aromatic carbocycles. The van der Waals surface area contributed by atoms with E-state index in [2.05, 4.69) is 70.5 Å². The zero-order valence-corrected chi connectivity index (χ0v) is 18.4. The van der Waals surface area contributed by atoms with Crippen LogP contribution in [0.4, 0.5) is 11.5 Å². The number of nitrogen functional groups attached to an aromatic ring is 1. The van der Waals surface area contributed by atoms with E-state index in [-0.39, 0.29) is 6.04 Å². The smallest absolute Gasteiger partial charge is 0.166 e. The molecule has 7 heteroatoms. The summed E-state index contributed by atoms with van der Waals surface area (Å²) < 4.78 is 3.33. The molecule has 0 amide bonds. The minimum Gasteiger partial charge on any atom is -0.399 e. The van der Waals surface area contributed by atoms with Crippen molar-refractivity contribution in [2.24, 2.45) is 0 Å². The van der Waals surface area contributed by atoms with Gasteiger partial charge in [-0.05, 0) is 44.0 Å². The van der Waals surface area contributed by atoms with Crippen LogP contribution in [0.15, 0.2) is 60.2 Å². The third-order valence-corrected chi connectivity index (χ3v) is 6.35. The summed E-state index contributed by atoms with van der Waals surface area (Å²) >= 11 is 1.72. The van der Waals surface area contributed by atoms with Crippen LogP contribution in [0.2, 0.25) is 0 Å². The van der Waals surface area contributed by atoms with Crippen LogP contribution in [0.5, 0.6) is 0 Å². The van der Waals surface area contributed by atoms with Gasteiger partial charge in [0.1, 0.15) is 5.52 Å². The first-order valence-electron chi connectivity index (χ1n) is 10.4. The van der Waals surface area contributed by atoms with Crippen LogP contribution in [-0.2, 0) is 6.42 Å². The molecule has 6 nitrogen and oxygen atoms in total. The molecule has 3 N–H and O–H groups in total. The fourth-order valence-electron chi connectivity index (χ4n) is 3.70. The summed E-state index contributed by atoms with van der Waals surface area (Å²) in [5, 5.41) is 6.81. The number of benzene rings is 2. The number of aromatic nitrogens is 4. The number of nitrogens with zero attached hydrogens (tertiary/aromatic N) is 4. The molecule has 3 aromatic heterocycles. The standard InChI is InChI=1S/C24H24N6S/c1-15(2)30-14-27-21-23(26-12-11-16-7-9-17(25)10-8-16)28-22(29-24(21)30)19-13-31-20-6-4-3-5-18(19)20/h3-10,13-15H,11-12,25H2,1-2H3,(H,26,28,29). The van der Waals surface area contributed by atoms with Gasteiger partial charge in [0.2, 0.25) is 0 Å². The number of anilines is 2. The Hall–Kier alpha value is -3.45. The average Bonchev–Trinajstić information content (AvgIpc) is 3.39. The van der Waals surface area contributed by atoms with Gasteiger partial charge < -0.3 is 15.6 Å². The van der Waals surface area contributed by atoms with Crippen molar-refractivity contribution < 1.29 is 0 Å². The molecule has 5 rings (SSSR count). The van der Waals surface area contributed by atoms with Crippen molar-refractivity contribution in [1.82, 2.24) is 19.5 Å². The summed E-state index contributed by atoms with van der Waals surface area (Å²) in [5.41, 5.74) is 10.5. The molecule has 0 fully saturated rings. The van der Waals surface area contributed by atoms with Gasteiger partial charge >= 0.3 is 0 Å². The van der Waals surface area contributed by atoms with Gasteiger partial charge in [0.15, 0.2) is 17.3 Å². The molecule has 0 atom stereocenters. The Balaban J connectivity index is 1.54. The Kier molecular flexibility index (Phi) is 5.03. The lowest BCUT2D eigenvalue weighted by Crippen LogP contribution is -2.09. The molecule has 0 unspecified atom stereocenters. The minimum atomic E-state index is 0.259. The van der Waals surface area contributed by atoms with Crippen LogP contribution in [0.1, 0.15) is 25.5 Å². The molecule has 0 aliphatic rings. The SMILES string of the molecule is CC(C)n1cnc2c(NCCc3ccc(N)cc3)nc(-c3csc4ccccc34)nc21. The molecule has 0 bridgehead atoms. The van der Waals surface area contributed by atoms with Gasteiger partial charge in [-0.2, -0.15) is 0 Å². The third kappa shape index (κ3) is 3.72. The predicted octanol–water partition coefficient (Wildman–Crippen LogP) is 5.53. The molecule has 31 heavy (non-hydrogen) atoms. The van der Waals surface area contributed by atoms with E-state index >= 15 is 0 Å². The Morgan fingerprint density at radius 1 is 1.06 bits per heavy atom. The maximum absolute atomic E-state index is 5.80. The van der Waals surface area contributed by atoms with Crippen molar-refractivity contribution in [2.75, 3.05) is 17.6 Å². The van der Waals surface area contributed by atoms with E-state index in [0.29, 0.717) is 0 Å². The number of hydrogen-bond acceptors (Lipinski definition) is 6. The van der Waals surface area contributed by atoms with Gasteiger partial charge in [-0.1, -0.05) is 30.3 Å². The van der Waals surface area contributed by atoms with Crippen LogP contribution in [-0.4, -0.2) is 26.1 Å². The molecule has 0 saturated carbocycles. The summed E-state index contributed by atoms with van der Waals surface area (Å²) in [5.74, 6) is 1.49. The van der Waals surface area contributed by atoms with Crippen LogP contribution in [0.3, 0.4) is 0 Å². The second-order valence-corrected chi connectivity index (χ2v) is 8.79. The molecule has 0 aliphatic heterocycles. The van der Waals surface area contributed by atoms with E-state index in [1.165, 1.54) is 15.6 Å². The molecule has 3 heterocycles. The van der Waals surface area contributed by atoms with Crippen LogP contribution < -0.4 is 11.1 Å². The highest BCUT2D eigenvalue weighted by Gasteiger charge is 2.17. The Morgan fingerprint density at radius 3 is 2.68 bits per heavy atom. The first-order valence-corrected chi connectivity index (χ1v) is 11.3. The third-order valence-electron chi connectivity index (χ3n) is 5.39. The lowest BCUT2D eigenvalue weighted by Gasteiger charge is -2.11. The molecular formula is C24H24N6S. The van der Waals surface area contributed by atoms with Gasteiger partial charge in [0.05, 0.1) is 6.33 Å². The fraction of sp³-hybridized carbons (Fsp3) is 0.208. The Morgan fingerprint density at radius 2 is 1.87 bits per heavy atom. The molecule has 0 spiro atoms. The second kappa shape index (κ2) is 8.00. The Bertz CT molecular complexity index is 1350. The number of rotatable bonds is 6. The van der Waals surface area contributed by atoms with Gasteiger partial charge in [0.25, 0.3) is 0 Å². The van der Waals surface area contributed by atoms with Crippen molar-refractivity contribution in [3.8, 4) is 11.4 Å². The monoisotopic (exact) mass is 428 g/mol. The highest BCUT2D eigenvalue weighted by molar-refractivity contribution is 7.17. The number of nitrogens with two attached hydrogens (primary N) is 1. The maximum Gasteiger partial charge on any atom is 0.166 e. The molecule has 5 aromatic rings. The summed E-state index contributed by atoms with van der Waals surface area (Å²) in [4.78, 5) is 14.5. The molecule has 0 saturated heterocycles. The van der Waals surface area contributed by atoms with Crippen LogP contribution in [0, 0.1) is 0 Å². The van der Waals surface area contributed by atoms with E-state index in [1.807, 2.05) is 18.5 Å². The second-order valence-electron chi connectivity index (χ2n) is 7.88. The quantitative estimate of drug-likeness (QED) is 0.348. The molecule has 0 radical (unpaired) electrons. The van der Waals surface area contributed by atoms with Crippen molar-refractivity contribution in [3.05, 3.63) is 65.8 Å². The van der Waals surface area contributed by atoms with E-state index in [4.69, 9.17) is 15.7 Å². The van der Waals surface area contributed by atoms with Gasteiger partial charge in [-0.25, -0.2) is 15.0 Å². The summed E-state index contributed by atoms with van der Waals surface area (Å²) in [6.45, 7) is 5.02. The number of imidazole rings is 1. The van der Waals surface area contributed by atoms with Crippen LogP contribution >= 0.6 is 11.3 Å². The van der Waals surface area contributed by atoms with Crippen LogP contribution in [0.25, 0.3) is 32.6 Å². The lowest BCUT2D eigenvalue weighted by molar-refractivity contribution is 0.613. The molecular weight excluding hydrogens is 404 g/mol. The lowest BCUT2D eigenvalue weighted by atomic mass is 10.1. The van der Waals surface area contributed by atoms with E-state index < -0.39 is 0 Å². The van der Waals surface area contributed by atoms with Crippen molar-refractivity contribution in [3.63, 3.8) is 0 Å². The van der Waals surface area contributed by atoms with Gasteiger partial charge in [0, 0.05) is 39.3 Å². The normalized spacial score (nSPS) is 11.6. The topological polar surface area (TPSA) is 81.7 Å². The highest BCUT2D eigenvalue weighted by Crippen LogP contribution is 2.34. The zero-order chi connectivity index (χ0) is 21.4. The first-order chi connectivity index (χ1) is 15.1. The molecule has 0 aliphatic carbocycles. The fourth-order valence-corrected chi connectivity index (χ4v) is 4.64. The largest absolute Gasteiger partial charge is 0.399 e. The van der Waals surface area contributed by atoms with Gasteiger partial charge in [-0.15, -0.1) is 11.3 Å². The van der Waals surface area contributed by atoms with Crippen molar-refractivity contribution in [1.29, 1.82) is 0 Å². The number of nitrogens with one attached hydrogen (secondary N) is 1. The number of fused-ring (bicyclic) bond motifs is 2. The van der Waals surface area contributed by atoms with Crippen molar-refractivity contribution in [2.45, 2.75) is 26.3 Å². The average molecular weight is 429 g/mol. The summed E-state index contributed by atoms with van der Waals surface area (Å²) in [6.07, 6.45) is 2.72. The number of hydrogen-bond donors (Lipinski definition) is 2. The zero-order valence-electron chi connectivity index (χ0n) is 17.5. The minimum absolute atomic E-state index is 0.259. The maximum atomic E-state index is 5.80. The van der Waals surface area contributed by atoms with E-state index in [1.54, 1.807) is 11.3 Å². The predicted molar refractivity (Wildman–Crippen MR) is 130 cm³/mol. The highest BCUT2D eigenvalue weighted by atomic mass is 32.1. The van der Waals surface area contributed by atoms with Crippen molar-refractivity contribution >= 4 is 44.1 Å². The summed E-state index contributed by atoms with van der Waals surface area (Å²) in [6, 6.07) is 16.6. The van der Waals surface area contributed by atoms with Gasteiger partial charge in [-0.3, -0.25) is 0 Å². The van der Waals surface area contributed by atoms with E-state index in [9.17, 15) is 0 Å². The van der Waals surface area contributed by atoms with E-state index in [0.717, 1.165) is 47.0 Å². The summed E-state index contributed by atoms with van der Waals surface area (Å²) in [7, 11) is 0. The number of thiophene rings is 1. The molecule has 156 valence electrons. The Labute approximate surface area is 184 Å².